The molecule has 0 N–H and O–H groups in total. The summed E-state index contributed by atoms with van der Waals surface area (Å²) in [4.78, 5) is 47.5. The van der Waals surface area contributed by atoms with Gasteiger partial charge in [0.1, 0.15) is 5.92 Å². The van der Waals surface area contributed by atoms with E-state index in [1.807, 2.05) is 55.5 Å². The maximum atomic E-state index is 13.9. The van der Waals surface area contributed by atoms with E-state index in [4.69, 9.17) is 14.3 Å². The van der Waals surface area contributed by atoms with Gasteiger partial charge >= 0.3 is 5.97 Å². The lowest BCUT2D eigenvalue weighted by Gasteiger charge is -2.29. The van der Waals surface area contributed by atoms with Crippen molar-refractivity contribution in [1.82, 2.24) is 0 Å². The Hall–Kier alpha value is -4.95. The highest BCUT2D eigenvalue weighted by Gasteiger charge is 2.60. The predicted octanol–water partition coefficient (Wildman–Crippen LogP) is 5.27. The molecular formula is C32H26N2O6. The molecule has 200 valence electrons. The van der Waals surface area contributed by atoms with E-state index in [1.165, 1.54) is 12.0 Å². The van der Waals surface area contributed by atoms with Crippen LogP contribution in [0.4, 0.5) is 11.4 Å². The molecule has 4 aromatic carbocycles. The fraction of sp³-hybridized carbons (Fsp3) is 0.156. The summed E-state index contributed by atoms with van der Waals surface area (Å²) in [7, 11) is 1.48. The van der Waals surface area contributed by atoms with Crippen molar-refractivity contribution >= 4 is 29.2 Å². The number of methoxy groups -OCH3 is 1. The molecule has 4 aromatic rings. The Morgan fingerprint density at radius 3 is 2.12 bits per heavy atom. The smallest absolute Gasteiger partial charge is 0.343 e. The minimum Gasteiger partial charge on any atom is -0.493 e. The van der Waals surface area contributed by atoms with Crippen LogP contribution in [0.1, 0.15) is 27.5 Å². The number of imide groups is 1. The van der Waals surface area contributed by atoms with Crippen LogP contribution in [0, 0.1) is 12.8 Å². The van der Waals surface area contributed by atoms with Crippen LogP contribution in [0.3, 0.4) is 0 Å². The van der Waals surface area contributed by atoms with Crippen molar-refractivity contribution in [1.29, 1.82) is 0 Å². The lowest BCUT2D eigenvalue weighted by Crippen LogP contribution is -2.37. The summed E-state index contributed by atoms with van der Waals surface area (Å²) in [5.74, 6) is -1.55. The number of para-hydroxylation sites is 1. The molecule has 2 fully saturated rings. The zero-order valence-corrected chi connectivity index (χ0v) is 21.9. The van der Waals surface area contributed by atoms with Crippen LogP contribution in [0.2, 0.25) is 0 Å². The molecule has 0 bridgehead atoms. The Balaban J connectivity index is 1.38. The molecule has 2 amide bonds. The van der Waals surface area contributed by atoms with Crippen LogP contribution in [0.25, 0.3) is 0 Å². The van der Waals surface area contributed by atoms with Crippen molar-refractivity contribution in [2.45, 2.75) is 19.1 Å². The zero-order chi connectivity index (χ0) is 27.8. The lowest BCUT2D eigenvalue weighted by atomic mass is 9.90. The Kier molecular flexibility index (Phi) is 6.53. The van der Waals surface area contributed by atoms with E-state index in [0.29, 0.717) is 28.3 Å². The highest BCUT2D eigenvalue weighted by atomic mass is 16.7. The second-order valence-corrected chi connectivity index (χ2v) is 9.67. The Morgan fingerprint density at radius 1 is 0.775 bits per heavy atom. The first-order valence-electron chi connectivity index (χ1n) is 12.9. The summed E-state index contributed by atoms with van der Waals surface area (Å²) in [6, 6.07) is 29.7. The van der Waals surface area contributed by atoms with Crippen LogP contribution in [-0.4, -0.2) is 31.0 Å². The van der Waals surface area contributed by atoms with Crippen molar-refractivity contribution in [2.75, 3.05) is 17.1 Å². The van der Waals surface area contributed by atoms with E-state index >= 15 is 0 Å². The van der Waals surface area contributed by atoms with Gasteiger partial charge in [0.25, 0.3) is 5.91 Å². The average molecular weight is 535 g/mol. The molecule has 2 heterocycles. The Morgan fingerprint density at radius 2 is 1.45 bits per heavy atom. The molecular weight excluding hydrogens is 508 g/mol. The molecule has 0 spiro atoms. The number of hydrogen-bond donors (Lipinski definition) is 0. The van der Waals surface area contributed by atoms with E-state index < -0.39 is 29.9 Å². The third-order valence-corrected chi connectivity index (χ3v) is 7.16. The summed E-state index contributed by atoms with van der Waals surface area (Å²) in [6.07, 6.45) is -0.999. The van der Waals surface area contributed by atoms with Crippen LogP contribution >= 0.6 is 0 Å². The molecule has 0 radical (unpaired) electrons. The van der Waals surface area contributed by atoms with Crippen molar-refractivity contribution < 1.29 is 28.7 Å². The van der Waals surface area contributed by atoms with E-state index in [1.54, 1.807) is 59.7 Å². The molecule has 2 aliphatic heterocycles. The number of hydroxylamine groups is 1. The van der Waals surface area contributed by atoms with E-state index in [2.05, 4.69) is 0 Å². The van der Waals surface area contributed by atoms with Crippen molar-refractivity contribution in [2.24, 2.45) is 5.92 Å². The number of nitrogens with zero attached hydrogens (tertiary/aromatic N) is 2. The van der Waals surface area contributed by atoms with Gasteiger partial charge in [0, 0.05) is 0 Å². The molecule has 6 rings (SSSR count). The van der Waals surface area contributed by atoms with Gasteiger partial charge in [-0.3, -0.25) is 14.4 Å². The molecule has 40 heavy (non-hydrogen) atoms. The van der Waals surface area contributed by atoms with Crippen LogP contribution < -0.4 is 19.4 Å². The summed E-state index contributed by atoms with van der Waals surface area (Å²) >= 11 is 0. The fourth-order valence-corrected chi connectivity index (χ4v) is 5.19. The Bertz CT molecular complexity index is 1570. The minimum absolute atomic E-state index is 0.233. The van der Waals surface area contributed by atoms with Gasteiger partial charge in [0.15, 0.2) is 17.6 Å². The summed E-state index contributed by atoms with van der Waals surface area (Å²) < 4.78 is 11.2. The number of carbonyl (C=O) groups is 3. The average Bonchev–Trinajstić information content (AvgIpc) is 3.50. The van der Waals surface area contributed by atoms with Gasteiger partial charge in [-0.25, -0.2) is 14.8 Å². The molecule has 8 heteroatoms. The second-order valence-electron chi connectivity index (χ2n) is 9.67. The normalized spacial score (nSPS) is 20.0. The number of ether oxygens (including phenoxy) is 2. The monoisotopic (exact) mass is 534 g/mol. The summed E-state index contributed by atoms with van der Waals surface area (Å²) in [5, 5.41) is 1.61. The van der Waals surface area contributed by atoms with E-state index in [9.17, 15) is 14.4 Å². The lowest BCUT2D eigenvalue weighted by molar-refractivity contribution is -0.126. The van der Waals surface area contributed by atoms with Gasteiger partial charge in [-0.05, 0) is 61.0 Å². The van der Waals surface area contributed by atoms with Crippen molar-refractivity contribution in [3.63, 3.8) is 0 Å². The summed E-state index contributed by atoms with van der Waals surface area (Å²) in [5.41, 5.74) is 3.29. The highest BCUT2D eigenvalue weighted by molar-refractivity contribution is 6.23. The standard InChI is InChI=1S/C32H26N2O6/c1-20-13-16-23(17-14-20)33-30(35)27-28(34(40-29(27)31(33)36)24-11-7-4-8-12-24)22-15-18-25(26(19-22)38-2)39-32(37)21-9-5-3-6-10-21/h3-19,27-29H,1-2H3/t27-,28-,29-/m1/s1. The maximum Gasteiger partial charge on any atom is 0.343 e. The van der Waals surface area contributed by atoms with E-state index in [-0.39, 0.29) is 11.7 Å². The highest BCUT2D eigenvalue weighted by Crippen LogP contribution is 2.48. The number of rotatable bonds is 6. The molecule has 2 saturated heterocycles. The molecule has 3 atom stereocenters. The zero-order valence-electron chi connectivity index (χ0n) is 21.9. The number of benzene rings is 4. The number of carbonyl (C=O) groups excluding carboxylic acids is 3. The number of aryl methyl sites for hydroxylation is 1. The molecule has 0 aromatic heterocycles. The number of hydrogen-bond acceptors (Lipinski definition) is 7. The van der Waals surface area contributed by atoms with Crippen molar-refractivity contribution in [3.8, 4) is 11.5 Å². The molecule has 0 aliphatic carbocycles. The topological polar surface area (TPSA) is 85.4 Å². The first kappa shape index (κ1) is 25.3. The van der Waals surface area contributed by atoms with Crippen molar-refractivity contribution in [3.05, 3.63) is 120 Å². The van der Waals surface area contributed by atoms with E-state index in [0.717, 1.165) is 5.56 Å². The Labute approximate surface area is 231 Å². The van der Waals surface area contributed by atoms with Gasteiger partial charge in [-0.15, -0.1) is 0 Å². The SMILES string of the molecule is COc1cc([C@@H]2[C@H]3C(=O)N(c4ccc(C)cc4)C(=O)[C@@H]3ON2c2ccccc2)ccc1OC(=O)c1ccccc1. The molecule has 0 saturated carbocycles. The molecule has 8 nitrogen and oxygen atoms in total. The molecule has 0 unspecified atom stereocenters. The number of fused-ring (bicyclic) bond motifs is 1. The third kappa shape index (κ3) is 4.38. The number of anilines is 2. The largest absolute Gasteiger partial charge is 0.493 e. The van der Waals surface area contributed by atoms with Gasteiger partial charge in [0.05, 0.1) is 30.1 Å². The molecule has 2 aliphatic rings. The number of esters is 1. The first-order chi connectivity index (χ1) is 19.5. The van der Waals surface area contributed by atoms with Gasteiger partial charge in [-0.1, -0.05) is 60.2 Å². The number of amides is 2. The van der Waals surface area contributed by atoms with Gasteiger partial charge < -0.3 is 9.47 Å². The fourth-order valence-electron chi connectivity index (χ4n) is 5.19. The maximum absolute atomic E-state index is 13.9. The van der Waals surface area contributed by atoms with Gasteiger partial charge in [0.2, 0.25) is 5.91 Å². The van der Waals surface area contributed by atoms with Crippen LogP contribution in [0.5, 0.6) is 11.5 Å². The predicted molar refractivity (Wildman–Crippen MR) is 148 cm³/mol. The van der Waals surface area contributed by atoms with Crippen LogP contribution in [-0.2, 0) is 14.4 Å². The minimum atomic E-state index is -0.999. The summed E-state index contributed by atoms with van der Waals surface area (Å²) in [6.45, 7) is 1.94. The first-order valence-corrected chi connectivity index (χ1v) is 12.9. The van der Waals surface area contributed by atoms with Gasteiger partial charge in [-0.2, -0.15) is 0 Å². The second kappa shape index (κ2) is 10.3. The van der Waals surface area contributed by atoms with Crippen LogP contribution in [0.15, 0.2) is 103 Å². The third-order valence-electron chi connectivity index (χ3n) is 7.16. The quantitative estimate of drug-likeness (QED) is 0.189.